The third-order valence-corrected chi connectivity index (χ3v) is 1.07. The molecule has 0 aliphatic heterocycles. The first-order valence-electron chi connectivity index (χ1n) is 3.24. The summed E-state index contributed by atoms with van der Waals surface area (Å²) >= 11 is 5.11. The van der Waals surface area contributed by atoms with E-state index in [4.69, 9.17) is 11.6 Å². The lowest BCUT2D eigenvalue weighted by atomic mass is 10.5. The van der Waals surface area contributed by atoms with E-state index in [9.17, 15) is 9.59 Å². The maximum atomic E-state index is 10.8. The van der Waals surface area contributed by atoms with Gasteiger partial charge in [-0.2, -0.15) is 0 Å². The van der Waals surface area contributed by atoms with Gasteiger partial charge in [0.05, 0.1) is 6.61 Å². The van der Waals surface area contributed by atoms with E-state index in [2.05, 4.69) is 16.1 Å². The molecule has 0 saturated heterocycles. The van der Waals surface area contributed by atoms with E-state index in [0.29, 0.717) is 0 Å². The monoisotopic (exact) mass is 192 g/mol. The Balaban J connectivity index is 3.87. The van der Waals surface area contributed by atoms with Crippen molar-refractivity contribution < 1.29 is 19.1 Å². The molecule has 68 valence electrons. The molecule has 0 radical (unpaired) electrons. The predicted octanol–water partition coefficient (Wildman–Crippen LogP) is 0.845. The molecule has 0 amide bonds. The molecule has 0 spiro atoms. The molecule has 0 aliphatic rings. The van der Waals surface area contributed by atoms with Crippen LogP contribution in [0.1, 0.15) is 6.92 Å². The number of hydrogen-bond acceptors (Lipinski definition) is 4. The van der Waals surface area contributed by atoms with Gasteiger partial charge in [0, 0.05) is 0 Å². The molecule has 5 heteroatoms. The minimum Gasteiger partial charge on any atom is -0.460 e. The average Bonchev–Trinajstić information content (AvgIpc) is 2.04. The maximum Gasteiger partial charge on any atom is 0.373 e. The first-order chi connectivity index (χ1) is 5.61. The molecule has 12 heavy (non-hydrogen) atoms. The van der Waals surface area contributed by atoms with Crippen molar-refractivity contribution in [3.05, 3.63) is 12.3 Å². The Bertz CT molecular complexity index is 200. The van der Waals surface area contributed by atoms with Gasteiger partial charge >= 0.3 is 11.9 Å². The van der Waals surface area contributed by atoms with Crippen molar-refractivity contribution >= 4 is 23.5 Å². The van der Waals surface area contributed by atoms with Crippen molar-refractivity contribution in [2.75, 3.05) is 12.5 Å². The van der Waals surface area contributed by atoms with Gasteiger partial charge in [-0.15, -0.1) is 11.6 Å². The fraction of sp³-hybridized carbons (Fsp3) is 0.429. The molecular weight excluding hydrogens is 184 g/mol. The Labute approximate surface area is 75.1 Å². The van der Waals surface area contributed by atoms with Gasteiger partial charge in [-0.05, 0) is 13.5 Å². The fourth-order valence-corrected chi connectivity index (χ4v) is 0.472. The van der Waals surface area contributed by atoms with Gasteiger partial charge < -0.3 is 9.47 Å². The summed E-state index contributed by atoms with van der Waals surface area (Å²) < 4.78 is 8.86. The van der Waals surface area contributed by atoms with E-state index in [1.165, 1.54) is 0 Å². The lowest BCUT2D eigenvalue weighted by molar-refractivity contribution is -0.149. The molecule has 0 saturated carbocycles. The second-order valence-corrected chi connectivity index (χ2v) is 2.02. The highest BCUT2D eigenvalue weighted by atomic mass is 35.5. The SMILES string of the molecule is C=C(OC(=O)CCl)C(=O)OCC. The molecule has 0 aromatic rings. The first kappa shape index (κ1) is 11.0. The van der Waals surface area contributed by atoms with Crippen LogP contribution in [0, 0.1) is 0 Å². The van der Waals surface area contributed by atoms with Crippen LogP contribution >= 0.6 is 11.6 Å². The van der Waals surface area contributed by atoms with Crippen LogP contribution in [0.3, 0.4) is 0 Å². The van der Waals surface area contributed by atoms with E-state index in [1.54, 1.807) is 6.92 Å². The molecule has 0 aromatic carbocycles. The van der Waals surface area contributed by atoms with Gasteiger partial charge in [0.1, 0.15) is 5.88 Å². The van der Waals surface area contributed by atoms with Crippen molar-refractivity contribution in [2.24, 2.45) is 0 Å². The van der Waals surface area contributed by atoms with Crippen LogP contribution in [-0.2, 0) is 19.1 Å². The smallest absolute Gasteiger partial charge is 0.373 e. The minimum absolute atomic E-state index is 0.205. The number of carbonyl (C=O) groups excluding carboxylic acids is 2. The molecule has 0 aliphatic carbocycles. The lowest BCUT2D eigenvalue weighted by Crippen LogP contribution is -2.14. The van der Waals surface area contributed by atoms with Gasteiger partial charge in [0.25, 0.3) is 0 Å². The lowest BCUT2D eigenvalue weighted by Gasteiger charge is -2.03. The Kier molecular flexibility index (Phi) is 5.12. The Morgan fingerprint density at radius 3 is 2.50 bits per heavy atom. The molecule has 0 fully saturated rings. The van der Waals surface area contributed by atoms with E-state index in [1.807, 2.05) is 0 Å². The number of esters is 2. The fourth-order valence-electron chi connectivity index (χ4n) is 0.418. The quantitative estimate of drug-likeness (QED) is 0.287. The predicted molar refractivity (Wildman–Crippen MR) is 42.6 cm³/mol. The second kappa shape index (κ2) is 5.60. The second-order valence-electron chi connectivity index (χ2n) is 1.75. The normalized spacial score (nSPS) is 8.83. The van der Waals surface area contributed by atoms with Crippen LogP contribution in [0.15, 0.2) is 12.3 Å². The highest BCUT2D eigenvalue weighted by Gasteiger charge is 2.12. The van der Waals surface area contributed by atoms with Crippen LogP contribution < -0.4 is 0 Å². The third-order valence-electron chi connectivity index (χ3n) is 0.849. The third kappa shape index (κ3) is 3.98. The molecule has 0 rings (SSSR count). The molecule has 0 unspecified atom stereocenters. The number of hydrogen-bond donors (Lipinski definition) is 0. The van der Waals surface area contributed by atoms with Gasteiger partial charge in [-0.1, -0.05) is 0 Å². The molecule has 0 aromatic heterocycles. The standard InChI is InChI=1S/C7H9ClO4/c1-3-11-7(10)5(2)12-6(9)4-8/h2-4H2,1H3. The van der Waals surface area contributed by atoms with Crippen molar-refractivity contribution in [1.29, 1.82) is 0 Å². The summed E-state index contributed by atoms with van der Waals surface area (Å²) in [5, 5.41) is 0. The van der Waals surface area contributed by atoms with Crippen LogP contribution in [0.2, 0.25) is 0 Å². The summed E-state index contributed by atoms with van der Waals surface area (Å²) in [4.78, 5) is 21.3. The summed E-state index contributed by atoms with van der Waals surface area (Å²) in [6, 6.07) is 0. The minimum atomic E-state index is -0.754. The molecule has 0 N–H and O–H groups in total. The number of rotatable bonds is 4. The number of carbonyl (C=O) groups is 2. The Morgan fingerprint density at radius 2 is 2.08 bits per heavy atom. The van der Waals surface area contributed by atoms with Crippen molar-refractivity contribution in [3.8, 4) is 0 Å². The van der Waals surface area contributed by atoms with Crippen LogP contribution in [0.4, 0.5) is 0 Å². The number of ether oxygens (including phenoxy) is 2. The Hall–Kier alpha value is -1.03. The van der Waals surface area contributed by atoms with Crippen LogP contribution in [0.5, 0.6) is 0 Å². The van der Waals surface area contributed by atoms with Gasteiger partial charge in [0.2, 0.25) is 5.76 Å². The van der Waals surface area contributed by atoms with Crippen molar-refractivity contribution in [3.63, 3.8) is 0 Å². The zero-order valence-corrected chi connectivity index (χ0v) is 7.39. The van der Waals surface area contributed by atoms with Crippen molar-refractivity contribution in [1.82, 2.24) is 0 Å². The molecule has 0 atom stereocenters. The van der Waals surface area contributed by atoms with Gasteiger partial charge in [0.15, 0.2) is 0 Å². The van der Waals surface area contributed by atoms with Crippen molar-refractivity contribution in [2.45, 2.75) is 6.92 Å². The van der Waals surface area contributed by atoms with E-state index < -0.39 is 11.9 Å². The zero-order chi connectivity index (χ0) is 9.56. The molecular formula is C7H9ClO4. The van der Waals surface area contributed by atoms with E-state index in [0.717, 1.165) is 0 Å². The Morgan fingerprint density at radius 1 is 1.50 bits per heavy atom. The van der Waals surface area contributed by atoms with E-state index in [-0.39, 0.29) is 18.2 Å². The summed E-state index contributed by atoms with van der Waals surface area (Å²) in [6.45, 7) is 5.02. The van der Waals surface area contributed by atoms with Gasteiger partial charge in [-0.25, -0.2) is 4.79 Å². The zero-order valence-electron chi connectivity index (χ0n) is 6.63. The van der Waals surface area contributed by atoms with E-state index >= 15 is 0 Å². The first-order valence-corrected chi connectivity index (χ1v) is 3.78. The van der Waals surface area contributed by atoms with Gasteiger partial charge in [-0.3, -0.25) is 4.79 Å². The average molecular weight is 193 g/mol. The molecule has 0 bridgehead atoms. The molecule has 4 nitrogen and oxygen atoms in total. The summed E-state index contributed by atoms with van der Waals surface area (Å²) in [5.74, 6) is -2.15. The largest absolute Gasteiger partial charge is 0.460 e. The summed E-state index contributed by atoms with van der Waals surface area (Å²) in [7, 11) is 0. The summed E-state index contributed by atoms with van der Waals surface area (Å²) in [5.41, 5.74) is 0. The highest BCUT2D eigenvalue weighted by Crippen LogP contribution is 1.98. The highest BCUT2D eigenvalue weighted by molar-refractivity contribution is 6.26. The summed E-state index contributed by atoms with van der Waals surface area (Å²) in [6.07, 6.45) is 0. The molecule has 0 heterocycles. The number of halogens is 1. The number of alkyl halides is 1. The van der Waals surface area contributed by atoms with Crippen LogP contribution in [0.25, 0.3) is 0 Å². The maximum absolute atomic E-state index is 10.8. The topological polar surface area (TPSA) is 52.6 Å². The van der Waals surface area contributed by atoms with Crippen LogP contribution in [-0.4, -0.2) is 24.4 Å².